The van der Waals surface area contributed by atoms with Crippen LogP contribution in [-0.2, 0) is 0 Å². The molecule has 0 aliphatic carbocycles. The van der Waals surface area contributed by atoms with E-state index >= 15 is 0 Å². The maximum Gasteiger partial charge on any atom is 0.272 e. The Morgan fingerprint density at radius 3 is 2.62 bits per heavy atom. The third-order valence-electron chi connectivity index (χ3n) is 4.01. The molecule has 1 fully saturated rings. The smallest absolute Gasteiger partial charge is 0.272 e. The Hall–Kier alpha value is -1.76. The quantitative estimate of drug-likeness (QED) is 0.619. The fraction of sp³-hybridized carbons (Fsp3) is 0.571. The summed E-state index contributed by atoms with van der Waals surface area (Å²) in [5, 5.41) is 10.6. The first-order chi connectivity index (χ1) is 10.0. The van der Waals surface area contributed by atoms with E-state index in [0.29, 0.717) is 31.4 Å². The molecule has 5 nitrogen and oxygen atoms in total. The molecule has 0 radical (unpaired) electrons. The second kappa shape index (κ2) is 6.80. The number of nitro groups is 1. The van der Waals surface area contributed by atoms with E-state index in [4.69, 9.17) is 0 Å². The number of benzene rings is 1. The van der Waals surface area contributed by atoms with Crippen LogP contribution in [0.1, 0.15) is 12.8 Å². The number of non-ortho nitro benzene ring substituents is 1. The molecule has 7 heteroatoms. The highest BCUT2D eigenvalue weighted by Gasteiger charge is 2.24. The topological polar surface area (TPSA) is 49.6 Å². The second-order valence-electron chi connectivity index (χ2n) is 5.28. The lowest BCUT2D eigenvalue weighted by Crippen LogP contribution is -2.44. The zero-order valence-electron chi connectivity index (χ0n) is 12.0. The van der Waals surface area contributed by atoms with Gasteiger partial charge in [0.25, 0.3) is 5.69 Å². The van der Waals surface area contributed by atoms with Gasteiger partial charge in [0, 0.05) is 31.7 Å². The number of halogens is 2. The van der Waals surface area contributed by atoms with Crippen molar-refractivity contribution in [3.8, 4) is 0 Å². The van der Waals surface area contributed by atoms with E-state index in [9.17, 15) is 18.9 Å². The number of rotatable bonds is 5. The Morgan fingerprint density at radius 1 is 1.43 bits per heavy atom. The molecule has 116 valence electrons. The Balaban J connectivity index is 2.00. The van der Waals surface area contributed by atoms with Crippen LogP contribution in [0.2, 0.25) is 0 Å². The van der Waals surface area contributed by atoms with Gasteiger partial charge in [0.2, 0.25) is 0 Å². The standard InChI is InChI=1S/C14H19F2N3O2/c1-17(9-6-15)11-4-7-18(8-5-11)14-3-2-12(19(20)21)10-13(14)16/h2-3,10-11H,4-9H2,1H3. The predicted molar refractivity (Wildman–Crippen MR) is 76.9 cm³/mol. The second-order valence-corrected chi connectivity index (χ2v) is 5.28. The number of hydrogen-bond donors (Lipinski definition) is 0. The molecule has 1 aromatic carbocycles. The molecular formula is C14H19F2N3O2. The summed E-state index contributed by atoms with van der Waals surface area (Å²) in [7, 11) is 1.90. The fourth-order valence-corrected chi connectivity index (χ4v) is 2.73. The number of hydrogen-bond acceptors (Lipinski definition) is 4. The Morgan fingerprint density at radius 2 is 2.10 bits per heavy atom. The molecule has 21 heavy (non-hydrogen) atoms. The maximum atomic E-state index is 14.0. The highest BCUT2D eigenvalue weighted by molar-refractivity contribution is 5.52. The van der Waals surface area contributed by atoms with Crippen molar-refractivity contribution in [2.75, 3.05) is 38.3 Å². The van der Waals surface area contributed by atoms with E-state index in [-0.39, 0.29) is 12.4 Å². The summed E-state index contributed by atoms with van der Waals surface area (Å²) < 4.78 is 26.3. The molecule has 1 aromatic rings. The van der Waals surface area contributed by atoms with Crippen LogP contribution in [-0.4, -0.2) is 49.2 Å². The van der Waals surface area contributed by atoms with E-state index < -0.39 is 10.7 Å². The van der Waals surface area contributed by atoms with Gasteiger partial charge < -0.3 is 9.80 Å². The van der Waals surface area contributed by atoms with Gasteiger partial charge in [-0.2, -0.15) is 0 Å². The molecule has 2 rings (SSSR count). The lowest BCUT2D eigenvalue weighted by Gasteiger charge is -2.37. The van der Waals surface area contributed by atoms with Crippen molar-refractivity contribution in [2.24, 2.45) is 0 Å². The molecule has 0 N–H and O–H groups in total. The van der Waals surface area contributed by atoms with Gasteiger partial charge in [-0.1, -0.05) is 0 Å². The number of nitro benzene ring substituents is 1. The molecule has 1 saturated heterocycles. The Bertz CT molecular complexity index is 505. The lowest BCUT2D eigenvalue weighted by atomic mass is 10.0. The largest absolute Gasteiger partial charge is 0.369 e. The monoisotopic (exact) mass is 299 g/mol. The summed E-state index contributed by atoms with van der Waals surface area (Å²) in [5.41, 5.74) is 0.154. The number of nitrogens with zero attached hydrogens (tertiary/aromatic N) is 3. The van der Waals surface area contributed by atoms with E-state index in [0.717, 1.165) is 18.9 Å². The molecule has 0 saturated carbocycles. The van der Waals surface area contributed by atoms with Crippen molar-refractivity contribution < 1.29 is 13.7 Å². The van der Waals surface area contributed by atoms with Crippen LogP contribution in [0.25, 0.3) is 0 Å². The van der Waals surface area contributed by atoms with Gasteiger partial charge >= 0.3 is 0 Å². The zero-order chi connectivity index (χ0) is 15.4. The molecule has 0 aromatic heterocycles. The van der Waals surface area contributed by atoms with Gasteiger partial charge in [-0.3, -0.25) is 10.1 Å². The molecule has 0 atom stereocenters. The Labute approximate surface area is 122 Å². The van der Waals surface area contributed by atoms with Gasteiger partial charge in [-0.25, -0.2) is 8.78 Å². The maximum absolute atomic E-state index is 14.0. The molecule has 1 aliphatic rings. The predicted octanol–water partition coefficient (Wildman–Crippen LogP) is 2.60. The van der Waals surface area contributed by atoms with Gasteiger partial charge in [0.15, 0.2) is 5.82 Å². The van der Waals surface area contributed by atoms with Crippen LogP contribution >= 0.6 is 0 Å². The van der Waals surface area contributed by atoms with Crippen LogP contribution in [0.5, 0.6) is 0 Å². The third-order valence-corrected chi connectivity index (χ3v) is 4.01. The summed E-state index contributed by atoms with van der Waals surface area (Å²) in [6.45, 7) is 1.37. The first-order valence-corrected chi connectivity index (χ1v) is 6.98. The van der Waals surface area contributed by atoms with E-state index in [1.165, 1.54) is 12.1 Å². The fourth-order valence-electron chi connectivity index (χ4n) is 2.73. The van der Waals surface area contributed by atoms with Crippen molar-refractivity contribution in [1.29, 1.82) is 0 Å². The zero-order valence-corrected chi connectivity index (χ0v) is 12.0. The molecule has 0 bridgehead atoms. The summed E-state index contributed by atoms with van der Waals surface area (Å²) in [6.07, 6.45) is 1.65. The van der Waals surface area contributed by atoms with Crippen LogP contribution < -0.4 is 4.90 Å². The van der Waals surface area contributed by atoms with Crippen LogP contribution in [0.4, 0.5) is 20.2 Å². The summed E-state index contributed by atoms with van der Waals surface area (Å²) >= 11 is 0. The van der Waals surface area contributed by atoms with Crippen molar-refractivity contribution in [2.45, 2.75) is 18.9 Å². The van der Waals surface area contributed by atoms with E-state index in [1.54, 1.807) is 0 Å². The molecule has 0 unspecified atom stereocenters. The number of alkyl halides is 1. The lowest BCUT2D eigenvalue weighted by molar-refractivity contribution is -0.385. The molecule has 1 aliphatic heterocycles. The highest BCUT2D eigenvalue weighted by Crippen LogP contribution is 2.27. The Kier molecular flexibility index (Phi) is 5.06. The molecular weight excluding hydrogens is 280 g/mol. The van der Waals surface area contributed by atoms with E-state index in [1.807, 2.05) is 16.8 Å². The third kappa shape index (κ3) is 3.66. The highest BCUT2D eigenvalue weighted by atomic mass is 19.1. The van der Waals surface area contributed by atoms with Gasteiger partial charge in [-0.05, 0) is 26.0 Å². The van der Waals surface area contributed by atoms with Crippen molar-refractivity contribution in [3.05, 3.63) is 34.1 Å². The van der Waals surface area contributed by atoms with E-state index in [2.05, 4.69) is 0 Å². The van der Waals surface area contributed by atoms with Gasteiger partial charge in [-0.15, -0.1) is 0 Å². The minimum atomic E-state index is -0.606. The van der Waals surface area contributed by atoms with Crippen molar-refractivity contribution in [1.82, 2.24) is 4.90 Å². The minimum absolute atomic E-state index is 0.242. The normalized spacial score (nSPS) is 16.5. The SMILES string of the molecule is CN(CCF)C1CCN(c2ccc([N+](=O)[O-])cc2F)CC1. The number of piperidine rings is 1. The molecule has 1 heterocycles. The van der Waals surface area contributed by atoms with Crippen LogP contribution in [0.3, 0.4) is 0 Å². The summed E-state index contributed by atoms with van der Waals surface area (Å²) in [5.74, 6) is -0.570. The summed E-state index contributed by atoms with van der Waals surface area (Å²) in [4.78, 5) is 13.9. The number of anilines is 1. The first kappa shape index (κ1) is 15.6. The first-order valence-electron chi connectivity index (χ1n) is 6.98. The van der Waals surface area contributed by atoms with Crippen LogP contribution in [0, 0.1) is 15.9 Å². The van der Waals surface area contributed by atoms with Gasteiger partial charge in [0.05, 0.1) is 16.7 Å². The van der Waals surface area contributed by atoms with Crippen molar-refractivity contribution >= 4 is 11.4 Å². The van der Waals surface area contributed by atoms with Crippen LogP contribution in [0.15, 0.2) is 18.2 Å². The van der Waals surface area contributed by atoms with Gasteiger partial charge in [0.1, 0.15) is 6.67 Å². The van der Waals surface area contributed by atoms with Crippen molar-refractivity contribution in [3.63, 3.8) is 0 Å². The average molecular weight is 299 g/mol. The molecule has 0 spiro atoms. The average Bonchev–Trinajstić information content (AvgIpc) is 2.47. The summed E-state index contributed by atoms with van der Waals surface area (Å²) in [6, 6.07) is 4.04. The minimum Gasteiger partial charge on any atom is -0.369 e. The molecule has 0 amide bonds.